The zero-order valence-electron chi connectivity index (χ0n) is 19.8. The molecule has 0 amide bonds. The van der Waals surface area contributed by atoms with Crippen LogP contribution in [0.15, 0.2) is 30.7 Å². The summed E-state index contributed by atoms with van der Waals surface area (Å²) in [6, 6.07) is 3.52. The van der Waals surface area contributed by atoms with E-state index in [-0.39, 0.29) is 17.4 Å². The molecule has 0 aromatic carbocycles. The lowest BCUT2D eigenvalue weighted by Crippen LogP contribution is -2.17. The second kappa shape index (κ2) is 8.92. The van der Waals surface area contributed by atoms with Crippen molar-refractivity contribution in [1.29, 1.82) is 0 Å². The molecule has 1 saturated carbocycles. The molecule has 0 atom stereocenters. The average molecular weight is 503 g/mol. The first-order valence-corrected chi connectivity index (χ1v) is 11.2. The van der Waals surface area contributed by atoms with E-state index in [0.717, 1.165) is 17.5 Å². The summed E-state index contributed by atoms with van der Waals surface area (Å²) in [4.78, 5) is 9.03. The molecule has 4 aromatic rings. The van der Waals surface area contributed by atoms with Crippen LogP contribution in [0.5, 0.6) is 23.4 Å². The van der Waals surface area contributed by atoms with Crippen molar-refractivity contribution in [2.45, 2.75) is 32.5 Å². The van der Waals surface area contributed by atoms with Gasteiger partial charge in [-0.05, 0) is 43.4 Å². The molecule has 36 heavy (non-hydrogen) atoms. The molecular weight excluding hydrogens is 479 g/mol. The summed E-state index contributed by atoms with van der Waals surface area (Å²) in [5.74, 6) is 1.19. The van der Waals surface area contributed by atoms with E-state index < -0.39 is 12.7 Å². The smallest absolute Gasteiger partial charge is 0.408 e. The number of aromatic nitrogens is 5. The predicted molar refractivity (Wildman–Crippen MR) is 124 cm³/mol. The molecule has 0 radical (unpaired) electrons. The quantitative estimate of drug-likeness (QED) is 0.373. The van der Waals surface area contributed by atoms with Crippen LogP contribution in [-0.4, -0.2) is 56.4 Å². The van der Waals surface area contributed by atoms with Crippen molar-refractivity contribution in [3.63, 3.8) is 0 Å². The Morgan fingerprint density at radius 1 is 1.14 bits per heavy atom. The summed E-state index contributed by atoms with van der Waals surface area (Å²) in [6.07, 6.45) is 1.69. The maximum Gasteiger partial charge on any atom is 0.408 e. The highest BCUT2D eigenvalue weighted by Gasteiger charge is 2.30. The van der Waals surface area contributed by atoms with Crippen LogP contribution in [0.4, 0.5) is 13.2 Å². The number of rotatable bonds is 8. The van der Waals surface area contributed by atoms with Crippen molar-refractivity contribution in [2.75, 3.05) is 20.8 Å². The van der Waals surface area contributed by atoms with Crippen LogP contribution in [0.1, 0.15) is 18.4 Å². The van der Waals surface area contributed by atoms with Gasteiger partial charge < -0.3 is 19.3 Å². The molecule has 1 aliphatic carbocycles. The number of nitrogens with zero attached hydrogens (tertiary/aromatic N) is 5. The van der Waals surface area contributed by atoms with Gasteiger partial charge in [-0.3, -0.25) is 4.68 Å². The van der Waals surface area contributed by atoms with E-state index in [2.05, 4.69) is 10.1 Å². The third kappa shape index (κ3) is 4.50. The highest BCUT2D eigenvalue weighted by molar-refractivity contribution is 5.95. The maximum absolute atomic E-state index is 12.9. The summed E-state index contributed by atoms with van der Waals surface area (Å²) in [5.41, 5.74) is 2.50. The molecule has 12 heteroatoms. The summed E-state index contributed by atoms with van der Waals surface area (Å²) in [7, 11) is 3.00. The monoisotopic (exact) mass is 503 g/mol. The van der Waals surface area contributed by atoms with Crippen molar-refractivity contribution in [3.8, 4) is 40.3 Å². The van der Waals surface area contributed by atoms with Crippen LogP contribution in [0.3, 0.4) is 0 Å². The van der Waals surface area contributed by atoms with E-state index in [0.29, 0.717) is 51.9 Å². The first-order chi connectivity index (χ1) is 17.2. The van der Waals surface area contributed by atoms with Gasteiger partial charge in [-0.2, -0.15) is 18.3 Å². The minimum atomic E-state index is -4.43. The Hall–Kier alpha value is -3.96. The molecule has 1 fully saturated rings. The van der Waals surface area contributed by atoms with Crippen LogP contribution in [0, 0.1) is 12.8 Å². The van der Waals surface area contributed by atoms with Gasteiger partial charge in [0.2, 0.25) is 11.8 Å². The SMILES string of the molecule is COc1cc(-c2cc(C)c3c(O)n(-c4cnn(CC(F)(F)F)c4)c(OCC4CC4)c3n2)cnc1OC. The molecule has 0 bridgehead atoms. The number of fused-ring (bicyclic) bond motifs is 1. The van der Waals surface area contributed by atoms with Crippen LogP contribution in [0.25, 0.3) is 27.8 Å². The topological polar surface area (TPSA) is 96.5 Å². The first-order valence-electron chi connectivity index (χ1n) is 11.2. The molecule has 4 aromatic heterocycles. The fourth-order valence-electron chi connectivity index (χ4n) is 4.04. The molecule has 0 spiro atoms. The van der Waals surface area contributed by atoms with Crippen molar-refractivity contribution in [3.05, 3.63) is 36.3 Å². The van der Waals surface area contributed by atoms with Gasteiger partial charge in [0.15, 0.2) is 5.75 Å². The third-order valence-electron chi connectivity index (χ3n) is 5.96. The van der Waals surface area contributed by atoms with Crippen molar-refractivity contribution in [2.24, 2.45) is 5.92 Å². The molecular formula is C24H24F3N5O4. The van der Waals surface area contributed by atoms with Crippen LogP contribution >= 0.6 is 0 Å². The van der Waals surface area contributed by atoms with Gasteiger partial charge in [-0.15, -0.1) is 0 Å². The number of ether oxygens (including phenoxy) is 3. The van der Waals surface area contributed by atoms with Crippen LogP contribution < -0.4 is 14.2 Å². The summed E-state index contributed by atoms with van der Waals surface area (Å²) < 4.78 is 57.4. The summed E-state index contributed by atoms with van der Waals surface area (Å²) in [5, 5.41) is 15.4. The fraction of sp³-hybridized carbons (Fsp3) is 0.375. The third-order valence-corrected chi connectivity index (χ3v) is 5.96. The van der Waals surface area contributed by atoms with E-state index >= 15 is 0 Å². The lowest BCUT2D eigenvalue weighted by Gasteiger charge is -2.11. The Balaban J connectivity index is 1.66. The van der Waals surface area contributed by atoms with E-state index in [1.54, 1.807) is 18.3 Å². The van der Waals surface area contributed by atoms with Gasteiger partial charge in [-0.25, -0.2) is 14.5 Å². The molecule has 5 rings (SSSR count). The highest BCUT2D eigenvalue weighted by atomic mass is 19.4. The Kier molecular flexibility index (Phi) is 5.89. The molecule has 1 aliphatic rings. The molecule has 4 heterocycles. The minimum absolute atomic E-state index is 0.190. The molecule has 190 valence electrons. The van der Waals surface area contributed by atoms with E-state index in [4.69, 9.17) is 19.2 Å². The fourth-order valence-corrected chi connectivity index (χ4v) is 4.04. The van der Waals surface area contributed by atoms with Crippen molar-refractivity contribution in [1.82, 2.24) is 24.3 Å². The number of aryl methyl sites for hydroxylation is 1. The zero-order valence-corrected chi connectivity index (χ0v) is 19.8. The average Bonchev–Trinajstić information content (AvgIpc) is 3.49. The first kappa shape index (κ1) is 23.8. The number of halogens is 3. The van der Waals surface area contributed by atoms with Crippen LogP contribution in [-0.2, 0) is 6.54 Å². The van der Waals surface area contributed by atoms with Gasteiger partial charge in [0.1, 0.15) is 12.1 Å². The number of aromatic hydroxyl groups is 1. The van der Waals surface area contributed by atoms with Gasteiger partial charge >= 0.3 is 6.18 Å². The second-order valence-electron chi connectivity index (χ2n) is 8.71. The molecule has 9 nitrogen and oxygen atoms in total. The van der Waals surface area contributed by atoms with Crippen molar-refractivity contribution >= 4 is 10.9 Å². The standard InChI is InChI=1S/C24H24F3N5O4/c1-13-6-17(15-7-18(34-2)21(35-3)28-8-15)30-20-19(13)22(33)32(23(20)36-11-14-4-5-14)16-9-29-31(10-16)12-24(25,26)27/h6-10,14,33H,4-5,11-12H2,1-3H3. The number of alkyl halides is 3. The van der Waals surface area contributed by atoms with E-state index in [9.17, 15) is 18.3 Å². The van der Waals surface area contributed by atoms with E-state index in [1.165, 1.54) is 31.2 Å². The van der Waals surface area contributed by atoms with Gasteiger partial charge in [0, 0.05) is 18.0 Å². The van der Waals surface area contributed by atoms with Crippen molar-refractivity contribution < 1.29 is 32.5 Å². The molecule has 1 N–H and O–H groups in total. The van der Waals surface area contributed by atoms with E-state index in [1.807, 2.05) is 6.92 Å². The highest BCUT2D eigenvalue weighted by Crippen LogP contribution is 2.43. The number of hydrogen-bond acceptors (Lipinski definition) is 7. The normalized spacial score (nSPS) is 13.8. The largest absolute Gasteiger partial charge is 0.494 e. The lowest BCUT2D eigenvalue weighted by atomic mass is 10.1. The van der Waals surface area contributed by atoms with Gasteiger partial charge in [0.05, 0.1) is 43.8 Å². The Morgan fingerprint density at radius 2 is 1.92 bits per heavy atom. The number of pyridine rings is 2. The van der Waals surface area contributed by atoms with Gasteiger partial charge in [-0.1, -0.05) is 0 Å². The zero-order chi connectivity index (χ0) is 25.6. The Labute approximate surface area is 204 Å². The molecule has 0 unspecified atom stereocenters. The molecule has 0 saturated heterocycles. The minimum Gasteiger partial charge on any atom is -0.494 e. The summed E-state index contributed by atoms with van der Waals surface area (Å²) >= 11 is 0. The summed E-state index contributed by atoms with van der Waals surface area (Å²) in [6.45, 7) is 0.960. The van der Waals surface area contributed by atoms with Crippen LogP contribution in [0.2, 0.25) is 0 Å². The molecule has 0 aliphatic heterocycles. The Bertz CT molecular complexity index is 1430. The predicted octanol–water partition coefficient (Wildman–Crippen LogP) is 4.67. The number of hydrogen-bond donors (Lipinski definition) is 1. The second-order valence-corrected chi connectivity index (χ2v) is 8.71. The van der Waals surface area contributed by atoms with Gasteiger partial charge in [0.25, 0.3) is 5.88 Å². The maximum atomic E-state index is 12.9. The number of methoxy groups -OCH3 is 2. The lowest BCUT2D eigenvalue weighted by molar-refractivity contribution is -0.142. The Morgan fingerprint density at radius 3 is 2.58 bits per heavy atom.